The minimum absolute atomic E-state index is 0.105. The third-order valence-electron chi connectivity index (χ3n) is 7.11. The van der Waals surface area contributed by atoms with E-state index in [0.29, 0.717) is 11.5 Å². The van der Waals surface area contributed by atoms with E-state index in [1.807, 2.05) is 25.1 Å². The third-order valence-corrected chi connectivity index (χ3v) is 7.11. The Morgan fingerprint density at radius 2 is 1.75 bits per heavy atom. The van der Waals surface area contributed by atoms with Crippen LogP contribution in [-0.4, -0.2) is 14.2 Å². The first-order valence-corrected chi connectivity index (χ1v) is 11.4. The van der Waals surface area contributed by atoms with Crippen LogP contribution in [0.4, 0.5) is 4.39 Å². The predicted octanol–water partition coefficient (Wildman–Crippen LogP) is 7.51. The van der Waals surface area contributed by atoms with Crippen molar-refractivity contribution in [1.82, 2.24) is 0 Å². The number of aryl methyl sites for hydroxylation is 3. The van der Waals surface area contributed by atoms with Crippen molar-refractivity contribution in [2.45, 2.75) is 44.9 Å². The minimum Gasteiger partial charge on any atom is -0.496 e. The Labute approximate surface area is 189 Å². The molecule has 0 bridgehead atoms. The molecule has 3 heteroatoms. The summed E-state index contributed by atoms with van der Waals surface area (Å²) in [5, 5.41) is 4.73. The second kappa shape index (κ2) is 8.46. The smallest absolute Gasteiger partial charge is 0.131 e. The molecule has 0 N–H and O–H groups in total. The highest BCUT2D eigenvalue weighted by molar-refractivity contribution is 6.13. The number of halogens is 1. The van der Waals surface area contributed by atoms with E-state index in [0.717, 1.165) is 41.7 Å². The van der Waals surface area contributed by atoms with E-state index in [1.165, 1.54) is 40.1 Å². The molecule has 0 aliphatic heterocycles. The molecule has 0 saturated heterocycles. The average Bonchev–Trinajstić information content (AvgIpc) is 2.83. The molecule has 0 radical (unpaired) electrons. The summed E-state index contributed by atoms with van der Waals surface area (Å²) < 4.78 is 25.4. The summed E-state index contributed by atoms with van der Waals surface area (Å²) in [6, 6.07) is 18.6. The fraction of sp³-hybridized carbons (Fsp3) is 0.310. The lowest BCUT2D eigenvalue weighted by Gasteiger charge is -2.27. The van der Waals surface area contributed by atoms with Gasteiger partial charge in [-0.1, -0.05) is 36.4 Å². The summed E-state index contributed by atoms with van der Waals surface area (Å²) in [6.07, 6.45) is 5.39. The summed E-state index contributed by atoms with van der Waals surface area (Å²) >= 11 is 0. The maximum atomic E-state index is 14.0. The SMILES string of the molecule is COc1cccc2c1c(OC)cc1c3c(ccc12)C(CCc1ccc(C)c(F)c1)CCC3. The number of hydrogen-bond donors (Lipinski definition) is 0. The molecule has 32 heavy (non-hydrogen) atoms. The van der Waals surface area contributed by atoms with Crippen molar-refractivity contribution in [1.29, 1.82) is 0 Å². The molecule has 164 valence electrons. The van der Waals surface area contributed by atoms with Gasteiger partial charge in [-0.3, -0.25) is 0 Å². The van der Waals surface area contributed by atoms with Gasteiger partial charge in [-0.05, 0) is 102 Å². The molecule has 2 nitrogen and oxygen atoms in total. The molecule has 1 aliphatic carbocycles. The van der Waals surface area contributed by atoms with Crippen molar-refractivity contribution in [3.63, 3.8) is 0 Å². The van der Waals surface area contributed by atoms with Gasteiger partial charge in [-0.15, -0.1) is 0 Å². The largest absolute Gasteiger partial charge is 0.496 e. The molecule has 0 fully saturated rings. The Balaban J connectivity index is 1.57. The molecule has 0 aromatic heterocycles. The van der Waals surface area contributed by atoms with Gasteiger partial charge in [0.2, 0.25) is 0 Å². The van der Waals surface area contributed by atoms with Crippen LogP contribution in [0.2, 0.25) is 0 Å². The number of rotatable bonds is 5. The lowest BCUT2D eigenvalue weighted by molar-refractivity contribution is 0.405. The van der Waals surface area contributed by atoms with Crippen LogP contribution in [0.25, 0.3) is 21.5 Å². The fourth-order valence-electron chi connectivity index (χ4n) is 5.40. The first-order chi connectivity index (χ1) is 15.6. The maximum Gasteiger partial charge on any atom is 0.131 e. The summed E-state index contributed by atoms with van der Waals surface area (Å²) in [6.45, 7) is 1.81. The van der Waals surface area contributed by atoms with Gasteiger partial charge in [0.15, 0.2) is 0 Å². The number of ether oxygens (including phenoxy) is 2. The molecule has 1 unspecified atom stereocenters. The van der Waals surface area contributed by atoms with Crippen molar-refractivity contribution < 1.29 is 13.9 Å². The molecule has 4 aromatic carbocycles. The van der Waals surface area contributed by atoms with Crippen molar-refractivity contribution in [3.05, 3.63) is 82.7 Å². The Bertz CT molecular complexity index is 1310. The van der Waals surface area contributed by atoms with E-state index >= 15 is 0 Å². The van der Waals surface area contributed by atoms with Crippen LogP contribution < -0.4 is 9.47 Å². The Kier molecular flexibility index (Phi) is 5.50. The molecule has 5 rings (SSSR count). The van der Waals surface area contributed by atoms with E-state index < -0.39 is 0 Å². The molecule has 0 saturated carbocycles. The van der Waals surface area contributed by atoms with Crippen molar-refractivity contribution in [2.75, 3.05) is 14.2 Å². The van der Waals surface area contributed by atoms with Crippen LogP contribution in [-0.2, 0) is 12.8 Å². The van der Waals surface area contributed by atoms with Crippen molar-refractivity contribution in [2.24, 2.45) is 0 Å². The standard InChI is InChI=1S/C29H29FO2/c1-18-10-11-19(16-26(18)30)12-13-20-6-4-7-22-21(20)14-15-23-24-8-5-9-27(31-2)29(24)28(32-3)17-25(22)23/h5,8-11,14-17,20H,4,6-7,12-13H2,1-3H3. The van der Waals surface area contributed by atoms with E-state index in [4.69, 9.17) is 9.47 Å². The monoisotopic (exact) mass is 428 g/mol. The fourth-order valence-corrected chi connectivity index (χ4v) is 5.40. The van der Waals surface area contributed by atoms with Crippen LogP contribution in [0.15, 0.2) is 54.6 Å². The van der Waals surface area contributed by atoms with E-state index in [-0.39, 0.29) is 5.82 Å². The molecule has 1 atom stereocenters. The average molecular weight is 429 g/mol. The van der Waals surface area contributed by atoms with Crippen LogP contribution in [0.5, 0.6) is 11.5 Å². The lowest BCUT2D eigenvalue weighted by Crippen LogP contribution is -2.11. The topological polar surface area (TPSA) is 18.5 Å². The van der Waals surface area contributed by atoms with Gasteiger partial charge >= 0.3 is 0 Å². The van der Waals surface area contributed by atoms with Gasteiger partial charge in [-0.25, -0.2) is 4.39 Å². The quantitative estimate of drug-likeness (QED) is 0.306. The molecule has 0 heterocycles. The normalized spacial score (nSPS) is 15.7. The van der Waals surface area contributed by atoms with Gasteiger partial charge in [0.25, 0.3) is 0 Å². The van der Waals surface area contributed by atoms with E-state index in [2.05, 4.69) is 30.3 Å². The van der Waals surface area contributed by atoms with Crippen LogP contribution in [0.3, 0.4) is 0 Å². The van der Waals surface area contributed by atoms with E-state index in [9.17, 15) is 4.39 Å². The zero-order chi connectivity index (χ0) is 22.2. The molecule has 0 amide bonds. The highest BCUT2D eigenvalue weighted by atomic mass is 19.1. The van der Waals surface area contributed by atoms with E-state index in [1.54, 1.807) is 20.3 Å². The molecular formula is C29H29FO2. The number of hydrogen-bond acceptors (Lipinski definition) is 2. The summed E-state index contributed by atoms with van der Waals surface area (Å²) in [5.74, 6) is 2.09. The van der Waals surface area contributed by atoms with Gasteiger partial charge in [-0.2, -0.15) is 0 Å². The van der Waals surface area contributed by atoms with Crippen molar-refractivity contribution in [3.8, 4) is 11.5 Å². The first kappa shape index (κ1) is 20.8. The van der Waals surface area contributed by atoms with Gasteiger partial charge in [0, 0.05) is 0 Å². The van der Waals surface area contributed by atoms with Gasteiger partial charge < -0.3 is 9.47 Å². The van der Waals surface area contributed by atoms with Crippen LogP contribution in [0.1, 0.15) is 47.4 Å². The molecule has 1 aliphatic rings. The zero-order valence-electron chi connectivity index (χ0n) is 19.0. The Morgan fingerprint density at radius 1 is 0.906 bits per heavy atom. The molecular weight excluding hydrogens is 399 g/mol. The lowest BCUT2D eigenvalue weighted by atomic mass is 9.77. The highest BCUT2D eigenvalue weighted by Gasteiger charge is 2.23. The van der Waals surface area contributed by atoms with Gasteiger partial charge in [0.05, 0.1) is 19.6 Å². The number of fused-ring (bicyclic) bond motifs is 5. The molecule has 4 aromatic rings. The molecule has 0 spiro atoms. The minimum atomic E-state index is -0.105. The summed E-state index contributed by atoms with van der Waals surface area (Å²) in [4.78, 5) is 0. The Hall–Kier alpha value is -3.07. The second-order valence-electron chi connectivity index (χ2n) is 8.90. The van der Waals surface area contributed by atoms with Crippen molar-refractivity contribution >= 4 is 21.5 Å². The summed E-state index contributed by atoms with van der Waals surface area (Å²) in [5.41, 5.74) is 4.68. The predicted molar refractivity (Wildman–Crippen MR) is 130 cm³/mol. The zero-order valence-corrected chi connectivity index (χ0v) is 19.0. The van der Waals surface area contributed by atoms with Crippen LogP contribution in [0, 0.1) is 12.7 Å². The summed E-state index contributed by atoms with van der Waals surface area (Å²) in [7, 11) is 3.43. The highest BCUT2D eigenvalue weighted by Crippen LogP contribution is 2.44. The Morgan fingerprint density at radius 3 is 2.53 bits per heavy atom. The van der Waals surface area contributed by atoms with Gasteiger partial charge in [0.1, 0.15) is 17.3 Å². The second-order valence-corrected chi connectivity index (χ2v) is 8.90. The number of benzene rings is 4. The van der Waals surface area contributed by atoms with Crippen LogP contribution >= 0.6 is 0 Å². The first-order valence-electron chi connectivity index (χ1n) is 11.4. The number of methoxy groups -OCH3 is 2. The maximum absolute atomic E-state index is 14.0. The third kappa shape index (κ3) is 3.50.